The summed E-state index contributed by atoms with van der Waals surface area (Å²) < 4.78 is 0. The highest BCUT2D eigenvalue weighted by Crippen LogP contribution is 2.58. The lowest BCUT2D eigenvalue weighted by molar-refractivity contribution is -0.141. The molecule has 0 radical (unpaired) electrons. The van der Waals surface area contributed by atoms with Gasteiger partial charge in [-0.05, 0) is 80.5 Å². The second kappa shape index (κ2) is 6.84. The smallest absolute Gasteiger partial charge is 0.310 e. The summed E-state index contributed by atoms with van der Waals surface area (Å²) in [6, 6.07) is 0. The molecule has 0 aromatic carbocycles. The quantitative estimate of drug-likeness (QED) is 0.674. The maximum atomic E-state index is 11.8. The first-order valence-electron chi connectivity index (χ1n) is 10.6. The highest BCUT2D eigenvalue weighted by Gasteiger charge is 2.50. The van der Waals surface area contributed by atoms with Crippen LogP contribution in [0.15, 0.2) is 11.6 Å². The molecule has 0 amide bonds. The number of allylic oxidation sites excluding steroid dienone is 1. The van der Waals surface area contributed by atoms with Crippen molar-refractivity contribution in [2.24, 2.45) is 41.4 Å². The lowest BCUT2D eigenvalue weighted by Crippen LogP contribution is -2.44. The number of aliphatic carboxylic acids is 1. The van der Waals surface area contributed by atoms with Gasteiger partial charge in [0.15, 0.2) is 0 Å². The molecule has 1 N–H and O–H groups in total. The van der Waals surface area contributed by atoms with Crippen molar-refractivity contribution >= 4 is 5.97 Å². The predicted octanol–water partition coefficient (Wildman–Crippen LogP) is 5.68. The van der Waals surface area contributed by atoms with Crippen LogP contribution in [0.25, 0.3) is 0 Å². The van der Waals surface area contributed by atoms with E-state index in [4.69, 9.17) is 0 Å². The Hall–Kier alpha value is -0.790. The maximum absolute atomic E-state index is 11.8. The van der Waals surface area contributed by atoms with Crippen LogP contribution in [0.3, 0.4) is 0 Å². The van der Waals surface area contributed by atoms with E-state index in [1.54, 1.807) is 0 Å². The number of hydrogen-bond donors (Lipinski definition) is 1. The fourth-order valence-corrected chi connectivity index (χ4v) is 7.24. The number of fused-ring (bicyclic) bond motifs is 5. The van der Waals surface area contributed by atoms with Crippen molar-refractivity contribution in [1.29, 1.82) is 0 Å². The summed E-state index contributed by atoms with van der Waals surface area (Å²) in [6.07, 6.45) is 16.8. The van der Waals surface area contributed by atoms with E-state index < -0.39 is 5.97 Å². The van der Waals surface area contributed by atoms with Crippen molar-refractivity contribution in [2.45, 2.75) is 77.6 Å². The molecule has 0 spiro atoms. The lowest BCUT2D eigenvalue weighted by atomic mass is 9.53. The normalized spacial score (nSPS) is 42.5. The SMILES string of the molecule is CCCC(C(=O)O)C1=CCC2C1CCC1C3CCCCC3CCC21. The molecule has 3 fully saturated rings. The van der Waals surface area contributed by atoms with Crippen molar-refractivity contribution in [1.82, 2.24) is 0 Å². The zero-order valence-corrected chi connectivity index (χ0v) is 15.3. The number of carbonyl (C=O) groups is 1. The molecule has 134 valence electrons. The standard InChI is InChI=1S/C22H34O2/c1-2-5-21(22(23)24)20-13-12-18-17-9-8-14-6-3-4-7-15(14)16(17)10-11-19(18)20/h13-19,21H,2-12H2,1H3,(H,23,24). The largest absolute Gasteiger partial charge is 0.481 e. The van der Waals surface area contributed by atoms with Gasteiger partial charge in [-0.2, -0.15) is 0 Å². The highest BCUT2D eigenvalue weighted by molar-refractivity contribution is 5.74. The van der Waals surface area contributed by atoms with E-state index >= 15 is 0 Å². The molecule has 0 bridgehead atoms. The Morgan fingerprint density at radius 1 is 1.04 bits per heavy atom. The topological polar surface area (TPSA) is 37.3 Å². The molecule has 2 nitrogen and oxygen atoms in total. The van der Waals surface area contributed by atoms with Crippen LogP contribution in [0.2, 0.25) is 0 Å². The van der Waals surface area contributed by atoms with Gasteiger partial charge in [-0.3, -0.25) is 4.79 Å². The summed E-state index contributed by atoms with van der Waals surface area (Å²) in [7, 11) is 0. The molecule has 3 saturated carbocycles. The maximum Gasteiger partial charge on any atom is 0.310 e. The van der Waals surface area contributed by atoms with Crippen LogP contribution in [0.5, 0.6) is 0 Å². The molecule has 4 aliphatic carbocycles. The molecule has 24 heavy (non-hydrogen) atoms. The van der Waals surface area contributed by atoms with E-state index in [0.717, 1.165) is 42.4 Å². The third-order valence-corrected chi connectivity index (χ3v) is 8.15. The molecule has 0 aromatic rings. The fraction of sp³-hybridized carbons (Fsp3) is 0.864. The van der Waals surface area contributed by atoms with Crippen molar-refractivity contribution in [3.05, 3.63) is 11.6 Å². The first-order chi connectivity index (χ1) is 11.7. The molecular formula is C22H34O2. The minimum absolute atomic E-state index is 0.201. The van der Waals surface area contributed by atoms with Gasteiger partial charge in [0, 0.05) is 0 Å². The average molecular weight is 331 g/mol. The Labute approximate surface area is 147 Å². The van der Waals surface area contributed by atoms with Gasteiger partial charge in [-0.15, -0.1) is 0 Å². The van der Waals surface area contributed by atoms with Gasteiger partial charge in [0.1, 0.15) is 0 Å². The third kappa shape index (κ3) is 2.74. The van der Waals surface area contributed by atoms with Crippen LogP contribution in [0, 0.1) is 41.4 Å². The average Bonchev–Trinajstić information content (AvgIpc) is 3.03. The number of carboxylic acids is 1. The van der Waals surface area contributed by atoms with Gasteiger partial charge in [-0.1, -0.05) is 44.3 Å². The molecule has 7 unspecified atom stereocenters. The van der Waals surface area contributed by atoms with Crippen LogP contribution >= 0.6 is 0 Å². The third-order valence-electron chi connectivity index (χ3n) is 8.15. The van der Waals surface area contributed by atoms with E-state index in [1.807, 2.05) is 0 Å². The minimum Gasteiger partial charge on any atom is -0.481 e. The molecule has 4 aliphatic rings. The Bertz CT molecular complexity index is 508. The van der Waals surface area contributed by atoms with E-state index in [0.29, 0.717) is 5.92 Å². The lowest BCUT2D eigenvalue weighted by Gasteiger charge is -2.52. The molecular weight excluding hydrogens is 296 g/mol. The Balaban J connectivity index is 1.50. The van der Waals surface area contributed by atoms with Crippen LogP contribution in [-0.4, -0.2) is 11.1 Å². The van der Waals surface area contributed by atoms with Gasteiger partial charge in [0.25, 0.3) is 0 Å². The number of rotatable bonds is 4. The molecule has 2 heteroatoms. The first-order valence-corrected chi connectivity index (χ1v) is 10.6. The summed E-state index contributed by atoms with van der Waals surface area (Å²) >= 11 is 0. The van der Waals surface area contributed by atoms with Gasteiger partial charge in [-0.25, -0.2) is 0 Å². The van der Waals surface area contributed by atoms with Crippen molar-refractivity contribution in [3.8, 4) is 0 Å². The summed E-state index contributed by atoms with van der Waals surface area (Å²) in [5.41, 5.74) is 1.32. The zero-order valence-electron chi connectivity index (χ0n) is 15.3. The Morgan fingerprint density at radius 2 is 1.79 bits per heavy atom. The summed E-state index contributed by atoms with van der Waals surface area (Å²) in [5.74, 6) is 4.49. The second-order valence-electron chi connectivity index (χ2n) is 9.08. The second-order valence-corrected chi connectivity index (χ2v) is 9.08. The highest BCUT2D eigenvalue weighted by atomic mass is 16.4. The minimum atomic E-state index is -0.582. The van der Waals surface area contributed by atoms with Crippen molar-refractivity contribution in [3.63, 3.8) is 0 Å². The van der Waals surface area contributed by atoms with Gasteiger partial charge >= 0.3 is 5.97 Å². The zero-order chi connectivity index (χ0) is 16.7. The van der Waals surface area contributed by atoms with Crippen LogP contribution < -0.4 is 0 Å². The van der Waals surface area contributed by atoms with Crippen molar-refractivity contribution < 1.29 is 9.90 Å². The number of carboxylic acid groups (broad SMARTS) is 1. The molecule has 0 heterocycles. The Kier molecular flexibility index (Phi) is 4.75. The first kappa shape index (κ1) is 16.7. The molecule has 0 aromatic heterocycles. The fourth-order valence-electron chi connectivity index (χ4n) is 7.24. The van der Waals surface area contributed by atoms with Gasteiger partial charge in [0.05, 0.1) is 5.92 Å². The van der Waals surface area contributed by atoms with Gasteiger partial charge in [0.2, 0.25) is 0 Å². The molecule has 0 saturated heterocycles. The van der Waals surface area contributed by atoms with E-state index in [9.17, 15) is 9.90 Å². The summed E-state index contributed by atoms with van der Waals surface area (Å²) in [6.45, 7) is 2.12. The van der Waals surface area contributed by atoms with Crippen LogP contribution in [0.1, 0.15) is 77.6 Å². The summed E-state index contributed by atoms with van der Waals surface area (Å²) in [5, 5.41) is 9.70. The summed E-state index contributed by atoms with van der Waals surface area (Å²) in [4.78, 5) is 11.8. The van der Waals surface area contributed by atoms with Gasteiger partial charge < -0.3 is 5.11 Å². The molecule has 4 rings (SSSR count). The molecule has 0 aliphatic heterocycles. The number of hydrogen-bond acceptors (Lipinski definition) is 1. The van der Waals surface area contributed by atoms with E-state index in [2.05, 4.69) is 13.0 Å². The van der Waals surface area contributed by atoms with E-state index in [-0.39, 0.29) is 5.92 Å². The van der Waals surface area contributed by atoms with Crippen LogP contribution in [0.4, 0.5) is 0 Å². The van der Waals surface area contributed by atoms with Crippen molar-refractivity contribution in [2.75, 3.05) is 0 Å². The van der Waals surface area contributed by atoms with Crippen LogP contribution in [-0.2, 0) is 4.79 Å². The van der Waals surface area contributed by atoms with E-state index in [1.165, 1.54) is 63.4 Å². The molecule has 7 atom stereocenters. The predicted molar refractivity (Wildman–Crippen MR) is 96.6 cm³/mol. The monoisotopic (exact) mass is 330 g/mol. The Morgan fingerprint density at radius 3 is 2.58 bits per heavy atom.